The van der Waals surface area contributed by atoms with Gasteiger partial charge in [-0.3, -0.25) is 14.5 Å². The van der Waals surface area contributed by atoms with Gasteiger partial charge in [0.05, 0.1) is 10.2 Å². The van der Waals surface area contributed by atoms with Crippen molar-refractivity contribution in [2.24, 2.45) is 0 Å². The van der Waals surface area contributed by atoms with Crippen LogP contribution in [0.15, 0.2) is 42.5 Å². The molecule has 0 bridgehead atoms. The molecule has 3 aromatic rings. The molecular weight excluding hydrogens is 441 g/mol. The van der Waals surface area contributed by atoms with Crippen molar-refractivity contribution in [1.82, 2.24) is 9.88 Å². The molecule has 0 saturated heterocycles. The molecule has 30 heavy (non-hydrogen) atoms. The average molecular weight is 466 g/mol. The lowest BCUT2D eigenvalue weighted by molar-refractivity contribution is 0.0980. The number of carbonyl (C=O) groups is 2. The van der Waals surface area contributed by atoms with Crippen LogP contribution < -0.4 is 4.90 Å². The van der Waals surface area contributed by atoms with Crippen LogP contribution in [0.3, 0.4) is 0 Å². The summed E-state index contributed by atoms with van der Waals surface area (Å²) >= 11 is 7.57. The Morgan fingerprint density at radius 3 is 2.23 bits per heavy atom. The molecule has 0 fully saturated rings. The molecule has 0 unspecified atom stereocenters. The Hall–Kier alpha value is -1.99. The third-order valence-electron chi connectivity index (χ3n) is 4.89. The zero-order valence-electron chi connectivity index (χ0n) is 17.2. The first kappa shape index (κ1) is 24.3. The van der Waals surface area contributed by atoms with Gasteiger partial charge in [0.15, 0.2) is 10.9 Å². The van der Waals surface area contributed by atoms with Gasteiger partial charge in [-0.25, -0.2) is 4.98 Å². The molecule has 0 aliphatic carbocycles. The summed E-state index contributed by atoms with van der Waals surface area (Å²) in [5, 5.41) is 1.30. The number of amides is 1. The van der Waals surface area contributed by atoms with Gasteiger partial charge in [0.2, 0.25) is 0 Å². The normalized spacial score (nSPS) is 10.8. The highest BCUT2D eigenvalue weighted by Crippen LogP contribution is 2.31. The minimum atomic E-state index is -0.127. The number of nitrogens with zero attached hydrogens (tertiary/aromatic N) is 3. The van der Waals surface area contributed by atoms with Gasteiger partial charge >= 0.3 is 0 Å². The fourth-order valence-corrected chi connectivity index (χ4v) is 4.34. The van der Waals surface area contributed by atoms with Gasteiger partial charge in [-0.1, -0.05) is 48.9 Å². The lowest BCUT2D eigenvalue weighted by Crippen LogP contribution is -2.38. The Bertz CT molecular complexity index is 1020. The van der Waals surface area contributed by atoms with E-state index in [1.54, 1.807) is 35.2 Å². The Balaban J connectivity index is 0.00000320. The maximum Gasteiger partial charge on any atom is 0.260 e. The van der Waals surface area contributed by atoms with Gasteiger partial charge in [0.1, 0.15) is 0 Å². The number of halogens is 2. The van der Waals surface area contributed by atoms with Crippen LogP contribution in [0.25, 0.3) is 10.2 Å². The van der Waals surface area contributed by atoms with E-state index in [4.69, 9.17) is 11.6 Å². The number of benzene rings is 2. The number of anilines is 1. The van der Waals surface area contributed by atoms with E-state index < -0.39 is 0 Å². The number of ketones is 1. The Kier molecular flexibility index (Phi) is 8.79. The summed E-state index contributed by atoms with van der Waals surface area (Å²) in [6.07, 6.45) is 0. The molecular formula is C22H25Cl2N3O2S. The molecule has 0 N–H and O–H groups in total. The Morgan fingerprint density at radius 2 is 1.63 bits per heavy atom. The van der Waals surface area contributed by atoms with Crippen molar-refractivity contribution in [1.29, 1.82) is 0 Å². The van der Waals surface area contributed by atoms with Gasteiger partial charge in [0, 0.05) is 29.2 Å². The molecule has 8 heteroatoms. The average Bonchev–Trinajstić information content (AvgIpc) is 3.13. The minimum Gasteiger partial charge on any atom is -0.302 e. The summed E-state index contributed by atoms with van der Waals surface area (Å²) in [6.45, 7) is 8.84. The standard InChI is InChI=1S/C22H24ClN3O2S.ClH/c1-4-25(5-2)12-13-26(21(28)17-8-6-16(7-9-17)15(3)27)22-24-19-11-10-18(23)14-20(19)29-22;/h6-11,14H,4-5,12-13H2,1-3H3;1H. The van der Waals surface area contributed by atoms with E-state index >= 15 is 0 Å². The van der Waals surface area contributed by atoms with E-state index in [1.165, 1.54) is 18.3 Å². The summed E-state index contributed by atoms with van der Waals surface area (Å²) in [5.74, 6) is -0.150. The molecule has 0 atom stereocenters. The summed E-state index contributed by atoms with van der Waals surface area (Å²) in [7, 11) is 0. The van der Waals surface area contributed by atoms with Crippen LogP contribution in [-0.2, 0) is 0 Å². The SMILES string of the molecule is CCN(CC)CCN(C(=O)c1ccc(C(C)=O)cc1)c1nc2ccc(Cl)cc2s1.Cl. The number of rotatable bonds is 8. The molecule has 0 radical (unpaired) electrons. The van der Waals surface area contributed by atoms with Crippen LogP contribution in [0, 0.1) is 0 Å². The predicted molar refractivity (Wildman–Crippen MR) is 128 cm³/mol. The Morgan fingerprint density at radius 1 is 1.00 bits per heavy atom. The monoisotopic (exact) mass is 465 g/mol. The third kappa shape index (κ3) is 5.58. The highest BCUT2D eigenvalue weighted by molar-refractivity contribution is 7.22. The zero-order valence-corrected chi connectivity index (χ0v) is 19.6. The van der Waals surface area contributed by atoms with Crippen LogP contribution in [0.2, 0.25) is 5.02 Å². The number of thiazole rings is 1. The molecule has 1 heterocycles. The van der Waals surface area contributed by atoms with Gasteiger partial charge < -0.3 is 4.90 Å². The van der Waals surface area contributed by atoms with E-state index in [1.807, 2.05) is 12.1 Å². The number of hydrogen-bond acceptors (Lipinski definition) is 5. The number of fused-ring (bicyclic) bond motifs is 1. The molecule has 160 valence electrons. The summed E-state index contributed by atoms with van der Waals surface area (Å²) in [5.41, 5.74) is 1.94. The highest BCUT2D eigenvalue weighted by atomic mass is 35.5. The maximum absolute atomic E-state index is 13.3. The molecule has 0 aliphatic heterocycles. The third-order valence-corrected chi connectivity index (χ3v) is 6.16. The quantitative estimate of drug-likeness (QED) is 0.408. The smallest absolute Gasteiger partial charge is 0.260 e. The van der Waals surface area contributed by atoms with Crippen molar-refractivity contribution >= 4 is 62.4 Å². The molecule has 1 aromatic heterocycles. The molecule has 3 rings (SSSR count). The van der Waals surface area contributed by atoms with Crippen LogP contribution in [0.1, 0.15) is 41.5 Å². The van der Waals surface area contributed by atoms with E-state index in [0.29, 0.717) is 27.8 Å². The van der Waals surface area contributed by atoms with Gasteiger partial charge in [0.25, 0.3) is 5.91 Å². The molecule has 0 aliphatic rings. The fraction of sp³-hybridized carbons (Fsp3) is 0.318. The van der Waals surface area contributed by atoms with Crippen molar-refractivity contribution in [3.05, 3.63) is 58.6 Å². The number of aromatic nitrogens is 1. The van der Waals surface area contributed by atoms with Gasteiger partial charge in [-0.15, -0.1) is 12.4 Å². The second kappa shape index (κ2) is 10.9. The number of hydrogen-bond donors (Lipinski definition) is 0. The fourth-order valence-electron chi connectivity index (χ4n) is 3.07. The molecule has 2 aromatic carbocycles. The Labute approximate surface area is 192 Å². The van der Waals surface area contributed by atoms with E-state index in [2.05, 4.69) is 23.7 Å². The number of Topliss-reactive ketones (excluding diaryl/α,β-unsaturated/α-hetero) is 1. The van der Waals surface area contributed by atoms with Crippen LogP contribution in [-0.4, -0.2) is 47.8 Å². The first-order valence-electron chi connectivity index (χ1n) is 9.64. The maximum atomic E-state index is 13.3. The van der Waals surface area contributed by atoms with E-state index in [0.717, 1.165) is 29.9 Å². The van der Waals surface area contributed by atoms with Crippen molar-refractivity contribution in [2.75, 3.05) is 31.1 Å². The molecule has 5 nitrogen and oxygen atoms in total. The van der Waals surface area contributed by atoms with Gasteiger partial charge in [-0.05, 0) is 50.3 Å². The molecule has 0 saturated carbocycles. The minimum absolute atomic E-state index is 0. The van der Waals surface area contributed by atoms with Crippen LogP contribution in [0.4, 0.5) is 5.13 Å². The summed E-state index contributed by atoms with van der Waals surface area (Å²) < 4.78 is 0.945. The predicted octanol–water partition coefficient (Wildman–Crippen LogP) is 5.56. The van der Waals surface area contributed by atoms with E-state index in [-0.39, 0.29) is 24.1 Å². The summed E-state index contributed by atoms with van der Waals surface area (Å²) in [6, 6.07) is 12.3. The first-order chi connectivity index (χ1) is 13.9. The summed E-state index contributed by atoms with van der Waals surface area (Å²) in [4.78, 5) is 33.5. The lowest BCUT2D eigenvalue weighted by Gasteiger charge is -2.24. The van der Waals surface area contributed by atoms with Crippen molar-refractivity contribution in [2.45, 2.75) is 20.8 Å². The zero-order chi connectivity index (χ0) is 21.0. The molecule has 1 amide bonds. The second-order valence-electron chi connectivity index (χ2n) is 6.73. The topological polar surface area (TPSA) is 53.5 Å². The second-order valence-corrected chi connectivity index (χ2v) is 8.17. The highest BCUT2D eigenvalue weighted by Gasteiger charge is 2.22. The lowest BCUT2D eigenvalue weighted by atomic mass is 10.1. The van der Waals surface area contributed by atoms with Crippen molar-refractivity contribution < 1.29 is 9.59 Å². The number of likely N-dealkylation sites (N-methyl/N-ethyl adjacent to an activating group) is 1. The number of carbonyl (C=O) groups excluding carboxylic acids is 2. The molecule has 0 spiro atoms. The van der Waals surface area contributed by atoms with Crippen molar-refractivity contribution in [3.63, 3.8) is 0 Å². The van der Waals surface area contributed by atoms with Crippen molar-refractivity contribution in [3.8, 4) is 0 Å². The largest absolute Gasteiger partial charge is 0.302 e. The van der Waals surface area contributed by atoms with E-state index in [9.17, 15) is 9.59 Å². The van der Waals surface area contributed by atoms with Gasteiger partial charge in [-0.2, -0.15) is 0 Å². The van der Waals surface area contributed by atoms with Crippen LogP contribution in [0.5, 0.6) is 0 Å². The first-order valence-corrected chi connectivity index (χ1v) is 10.8. The van der Waals surface area contributed by atoms with Crippen LogP contribution >= 0.6 is 35.3 Å².